The zero-order valence-corrected chi connectivity index (χ0v) is 16.4. The van der Waals surface area contributed by atoms with Crippen molar-refractivity contribution in [1.82, 2.24) is 19.5 Å². The van der Waals surface area contributed by atoms with Gasteiger partial charge in [0.05, 0.1) is 12.9 Å². The third-order valence-electron chi connectivity index (χ3n) is 4.68. The Morgan fingerprint density at radius 3 is 2.63 bits per heavy atom. The first-order chi connectivity index (χ1) is 14.3. The number of ether oxygens (including phenoxy) is 1. The number of anilines is 1. The van der Waals surface area contributed by atoms with Crippen molar-refractivity contribution in [2.45, 2.75) is 31.1 Å². The van der Waals surface area contributed by atoms with Crippen molar-refractivity contribution in [3.8, 4) is 0 Å². The standard InChI is InChI=1S/C17H20N5O7P/c23-13-11(7-28-30(25,26)27)29-17(14(13)24)22-9-21-12-15(19-8-20-16(12)22)18-6-10-4-2-1-3-5-10/h1-5,8-9,11,13-14,17,23-24H,6-7H2,(H,18,19,20)(H2,25,26,27)/t11-,13-,14-,17-/m0/s1. The lowest BCUT2D eigenvalue weighted by molar-refractivity contribution is -0.0504. The molecule has 5 N–H and O–H groups in total. The van der Waals surface area contributed by atoms with Crippen LogP contribution in [0.2, 0.25) is 0 Å². The van der Waals surface area contributed by atoms with Gasteiger partial charge in [-0.25, -0.2) is 19.5 Å². The molecule has 0 bridgehead atoms. The number of phosphoric ester groups is 1. The minimum absolute atomic E-state index is 0.355. The lowest BCUT2D eigenvalue weighted by atomic mass is 10.1. The van der Waals surface area contributed by atoms with Crippen molar-refractivity contribution in [3.63, 3.8) is 0 Å². The molecule has 160 valence electrons. The molecule has 3 aromatic rings. The van der Waals surface area contributed by atoms with Crippen LogP contribution in [-0.4, -0.2) is 64.4 Å². The minimum Gasteiger partial charge on any atom is -0.387 e. The summed E-state index contributed by atoms with van der Waals surface area (Å²) in [5, 5.41) is 23.7. The fourth-order valence-corrected chi connectivity index (χ4v) is 3.56. The number of benzene rings is 1. The first-order valence-electron chi connectivity index (χ1n) is 9.00. The van der Waals surface area contributed by atoms with Gasteiger partial charge in [0.2, 0.25) is 0 Å². The summed E-state index contributed by atoms with van der Waals surface area (Å²) in [5.41, 5.74) is 1.84. The van der Waals surface area contributed by atoms with Gasteiger partial charge in [-0.3, -0.25) is 9.09 Å². The number of nitrogens with zero attached hydrogens (tertiary/aromatic N) is 4. The van der Waals surface area contributed by atoms with Gasteiger partial charge in [-0.2, -0.15) is 0 Å². The molecule has 2 aromatic heterocycles. The van der Waals surface area contributed by atoms with Gasteiger partial charge in [0.15, 0.2) is 23.2 Å². The Hall–Kier alpha value is -2.44. The van der Waals surface area contributed by atoms with Gasteiger partial charge < -0.3 is 30.1 Å². The van der Waals surface area contributed by atoms with Crippen LogP contribution >= 0.6 is 7.82 Å². The van der Waals surface area contributed by atoms with Gasteiger partial charge >= 0.3 is 7.82 Å². The molecule has 1 saturated heterocycles. The number of aliphatic hydroxyl groups excluding tert-OH is 2. The number of rotatable bonds is 7. The van der Waals surface area contributed by atoms with Crippen molar-refractivity contribution in [2.24, 2.45) is 0 Å². The number of imidazole rings is 1. The summed E-state index contributed by atoms with van der Waals surface area (Å²) in [5.74, 6) is 0.483. The molecule has 13 heteroatoms. The summed E-state index contributed by atoms with van der Waals surface area (Å²) >= 11 is 0. The molecule has 30 heavy (non-hydrogen) atoms. The summed E-state index contributed by atoms with van der Waals surface area (Å²) in [6.45, 7) is -0.0760. The van der Waals surface area contributed by atoms with E-state index in [1.165, 1.54) is 17.2 Å². The van der Waals surface area contributed by atoms with E-state index in [2.05, 4.69) is 24.8 Å². The Bertz CT molecular complexity index is 1060. The lowest BCUT2D eigenvalue weighted by Gasteiger charge is -2.16. The SMILES string of the molecule is O=P(O)(O)OC[C@@H]1O[C@H](n2cnc3c(NCc4ccccc4)ncnc32)[C@@H](O)[C@H]1O. The zero-order chi connectivity index (χ0) is 21.3. The maximum atomic E-state index is 10.9. The number of hydrogen-bond donors (Lipinski definition) is 5. The number of fused-ring (bicyclic) bond motifs is 1. The molecule has 0 amide bonds. The van der Waals surface area contributed by atoms with E-state index < -0.39 is 39.0 Å². The van der Waals surface area contributed by atoms with Gasteiger partial charge in [0.25, 0.3) is 0 Å². The van der Waals surface area contributed by atoms with E-state index >= 15 is 0 Å². The molecule has 3 heterocycles. The summed E-state index contributed by atoms with van der Waals surface area (Å²) < 4.78 is 22.3. The Balaban J connectivity index is 1.54. The topological polar surface area (TPSA) is 172 Å². The fourth-order valence-electron chi connectivity index (χ4n) is 3.22. The van der Waals surface area contributed by atoms with Crippen LogP contribution in [0.3, 0.4) is 0 Å². The second kappa shape index (κ2) is 8.36. The highest BCUT2D eigenvalue weighted by atomic mass is 31.2. The van der Waals surface area contributed by atoms with Crippen molar-refractivity contribution >= 4 is 24.8 Å². The maximum Gasteiger partial charge on any atom is 0.469 e. The molecule has 1 aromatic carbocycles. The number of hydrogen-bond acceptors (Lipinski definition) is 9. The molecule has 0 spiro atoms. The van der Waals surface area contributed by atoms with Gasteiger partial charge in [0, 0.05) is 6.54 Å². The average Bonchev–Trinajstić information content (AvgIpc) is 3.27. The molecule has 1 fully saturated rings. The summed E-state index contributed by atoms with van der Waals surface area (Å²) in [6.07, 6.45) is -2.31. The normalized spacial score (nSPS) is 24.4. The number of nitrogens with one attached hydrogen (secondary N) is 1. The van der Waals surface area contributed by atoms with Crippen LogP contribution < -0.4 is 5.32 Å². The maximum absolute atomic E-state index is 10.9. The van der Waals surface area contributed by atoms with Crippen LogP contribution in [0.25, 0.3) is 11.2 Å². The molecule has 0 saturated carbocycles. The summed E-state index contributed by atoms with van der Waals surface area (Å²) in [7, 11) is -4.74. The smallest absolute Gasteiger partial charge is 0.387 e. The van der Waals surface area contributed by atoms with Gasteiger partial charge in [0.1, 0.15) is 24.6 Å². The first-order valence-corrected chi connectivity index (χ1v) is 10.5. The molecule has 12 nitrogen and oxygen atoms in total. The highest BCUT2D eigenvalue weighted by molar-refractivity contribution is 7.46. The van der Waals surface area contributed by atoms with E-state index in [-0.39, 0.29) is 0 Å². The Kier molecular flexibility index (Phi) is 5.80. The highest BCUT2D eigenvalue weighted by Gasteiger charge is 2.45. The van der Waals surface area contributed by atoms with E-state index in [1.807, 2.05) is 30.3 Å². The van der Waals surface area contributed by atoms with Crippen molar-refractivity contribution in [2.75, 3.05) is 11.9 Å². The average molecular weight is 437 g/mol. The van der Waals surface area contributed by atoms with Gasteiger partial charge in [-0.15, -0.1) is 0 Å². The molecule has 1 aliphatic heterocycles. The fraction of sp³-hybridized carbons (Fsp3) is 0.353. The second-order valence-electron chi connectivity index (χ2n) is 6.72. The van der Waals surface area contributed by atoms with E-state index in [0.717, 1.165) is 5.56 Å². The second-order valence-corrected chi connectivity index (χ2v) is 7.96. The van der Waals surface area contributed by atoms with E-state index in [4.69, 9.17) is 14.5 Å². The Morgan fingerprint density at radius 2 is 1.90 bits per heavy atom. The largest absolute Gasteiger partial charge is 0.469 e. The lowest BCUT2D eigenvalue weighted by Crippen LogP contribution is -2.33. The molecule has 4 rings (SSSR count). The van der Waals surface area contributed by atoms with E-state index in [9.17, 15) is 14.8 Å². The van der Waals surface area contributed by atoms with Crippen LogP contribution in [0.15, 0.2) is 43.0 Å². The predicted octanol–water partition coefficient (Wildman–Crippen LogP) is 0.167. The molecule has 0 unspecified atom stereocenters. The minimum atomic E-state index is -4.74. The van der Waals surface area contributed by atoms with Gasteiger partial charge in [-0.1, -0.05) is 30.3 Å². The molecule has 0 aliphatic carbocycles. The predicted molar refractivity (Wildman–Crippen MR) is 103 cm³/mol. The Morgan fingerprint density at radius 1 is 1.13 bits per heavy atom. The third-order valence-corrected chi connectivity index (χ3v) is 5.17. The van der Waals surface area contributed by atoms with Crippen molar-refractivity contribution < 1.29 is 33.8 Å². The van der Waals surface area contributed by atoms with Gasteiger partial charge in [-0.05, 0) is 5.56 Å². The molecule has 4 atom stereocenters. The molecule has 1 aliphatic rings. The van der Waals surface area contributed by atoms with Crippen LogP contribution in [0.4, 0.5) is 5.82 Å². The van der Waals surface area contributed by atoms with E-state index in [0.29, 0.717) is 23.5 Å². The van der Waals surface area contributed by atoms with Crippen LogP contribution in [0.1, 0.15) is 11.8 Å². The number of aliphatic hydroxyl groups is 2. The third kappa shape index (κ3) is 4.35. The Labute approximate surface area is 170 Å². The quantitative estimate of drug-likeness (QED) is 0.319. The molecular weight excluding hydrogens is 417 g/mol. The van der Waals surface area contributed by atoms with Crippen molar-refractivity contribution in [3.05, 3.63) is 48.5 Å². The van der Waals surface area contributed by atoms with Crippen LogP contribution in [0.5, 0.6) is 0 Å². The molecule has 0 radical (unpaired) electrons. The monoisotopic (exact) mass is 437 g/mol. The number of aromatic nitrogens is 4. The summed E-state index contributed by atoms with van der Waals surface area (Å²) in [4.78, 5) is 30.4. The zero-order valence-electron chi connectivity index (χ0n) is 15.5. The van der Waals surface area contributed by atoms with Crippen LogP contribution in [-0.2, 0) is 20.4 Å². The number of phosphoric acid groups is 1. The summed E-state index contributed by atoms with van der Waals surface area (Å²) in [6, 6.07) is 9.71. The molecular formula is C17H20N5O7P. The van der Waals surface area contributed by atoms with Crippen LogP contribution in [0, 0.1) is 0 Å². The first kappa shape index (κ1) is 20.8. The highest BCUT2D eigenvalue weighted by Crippen LogP contribution is 2.38. The van der Waals surface area contributed by atoms with E-state index in [1.54, 1.807) is 0 Å². The van der Waals surface area contributed by atoms with Crippen molar-refractivity contribution in [1.29, 1.82) is 0 Å².